The van der Waals surface area contributed by atoms with Gasteiger partial charge in [-0.25, -0.2) is 4.57 Å². The minimum atomic E-state index is -4.74. The monoisotopic (exact) mass is 543 g/mol. The fraction of sp³-hybridized carbons (Fsp3) is 0.500. The Hall–Kier alpha value is -3.48. The first kappa shape index (κ1) is 31.5. The number of benzene rings is 1. The fourth-order valence-corrected chi connectivity index (χ4v) is 3.75. The van der Waals surface area contributed by atoms with Crippen LogP contribution in [0, 0.1) is 11.8 Å². The molecular weight excluding hydrogens is 509 g/mol. The van der Waals surface area contributed by atoms with Gasteiger partial charge in [0.25, 0.3) is 0 Å². The number of hydrogen-bond donors (Lipinski definition) is 7. The Kier molecular flexibility index (Phi) is 12.2. The molecule has 9 N–H and O–H groups in total. The van der Waals surface area contributed by atoms with E-state index in [-0.39, 0.29) is 18.6 Å². The van der Waals surface area contributed by atoms with Crippen molar-refractivity contribution in [3.8, 4) is 5.75 Å². The molecule has 37 heavy (non-hydrogen) atoms. The van der Waals surface area contributed by atoms with E-state index in [9.17, 15) is 28.5 Å². The maximum atomic E-state index is 13.2. The third-order valence-corrected chi connectivity index (χ3v) is 6.02. The summed E-state index contributed by atoms with van der Waals surface area (Å²) < 4.78 is 15.5. The third-order valence-electron chi connectivity index (χ3n) is 5.57. The van der Waals surface area contributed by atoms with Crippen molar-refractivity contribution in [3.63, 3.8) is 0 Å². The second-order valence-electron chi connectivity index (χ2n) is 8.51. The SMILES string of the molecule is CC[C@H](C)[C@H](NC(=O)[C@@H](CC(=O)NC)Cc1ccc(OP(=O)(O)O)cc1)C(=O)N[C@@H](CC(N)=O)C(N)=O. The summed E-state index contributed by atoms with van der Waals surface area (Å²) in [6.45, 7) is 3.49. The number of phosphoric acid groups is 1. The van der Waals surface area contributed by atoms with Gasteiger partial charge in [0.2, 0.25) is 29.5 Å². The molecule has 1 rings (SSSR count). The summed E-state index contributed by atoms with van der Waals surface area (Å²) in [5, 5.41) is 7.42. The van der Waals surface area contributed by atoms with E-state index in [0.717, 1.165) is 0 Å². The predicted octanol–water partition coefficient (Wildman–Crippen LogP) is -1.17. The molecule has 0 aliphatic carbocycles. The molecule has 0 fully saturated rings. The fourth-order valence-electron chi connectivity index (χ4n) is 3.35. The van der Waals surface area contributed by atoms with Crippen LogP contribution in [0.5, 0.6) is 5.75 Å². The Labute approximate surface area is 214 Å². The molecule has 0 spiro atoms. The zero-order valence-electron chi connectivity index (χ0n) is 20.8. The van der Waals surface area contributed by atoms with E-state index in [2.05, 4.69) is 20.5 Å². The molecule has 5 amide bonds. The second-order valence-corrected chi connectivity index (χ2v) is 9.67. The average Bonchev–Trinajstić information content (AvgIpc) is 2.80. The molecule has 0 bridgehead atoms. The third kappa shape index (κ3) is 11.4. The second kappa shape index (κ2) is 14.3. The van der Waals surface area contributed by atoms with Gasteiger partial charge in [-0.2, -0.15) is 0 Å². The normalized spacial score (nSPS) is 14.4. The summed E-state index contributed by atoms with van der Waals surface area (Å²) in [4.78, 5) is 78.9. The van der Waals surface area contributed by atoms with Crippen molar-refractivity contribution in [2.24, 2.45) is 23.3 Å². The molecule has 0 heterocycles. The van der Waals surface area contributed by atoms with E-state index in [1.54, 1.807) is 13.8 Å². The van der Waals surface area contributed by atoms with E-state index in [1.807, 2.05) is 0 Å². The summed E-state index contributed by atoms with van der Waals surface area (Å²) in [6, 6.07) is 3.11. The standard InChI is InChI=1S/C22H34N5O9P/c1-4-12(2)19(22(32)26-16(20(24)30)11-17(23)28)27-21(31)14(10-18(29)25-3)9-13-5-7-15(8-6-13)36-37(33,34)35/h5-8,12,14,16,19H,4,9-11H2,1-3H3,(H2,23,28)(H2,24,30)(H,25,29)(H,26,32)(H,27,31)(H2,33,34,35)/t12-,14+,16-,19-/m0/s1. The zero-order valence-corrected chi connectivity index (χ0v) is 21.7. The van der Waals surface area contributed by atoms with E-state index in [1.165, 1.54) is 31.3 Å². The average molecular weight is 544 g/mol. The summed E-state index contributed by atoms with van der Waals surface area (Å²) in [5.41, 5.74) is 10.9. The molecule has 14 nitrogen and oxygen atoms in total. The van der Waals surface area contributed by atoms with Crippen LogP contribution in [0.25, 0.3) is 0 Å². The number of phosphoric ester groups is 1. The van der Waals surface area contributed by atoms with Crippen LogP contribution in [0.3, 0.4) is 0 Å². The van der Waals surface area contributed by atoms with E-state index < -0.39 is 67.7 Å². The smallest absolute Gasteiger partial charge is 0.404 e. The van der Waals surface area contributed by atoms with Crippen molar-refractivity contribution >= 4 is 37.4 Å². The number of nitrogens with two attached hydrogens (primary N) is 2. The number of nitrogens with one attached hydrogen (secondary N) is 3. The lowest BCUT2D eigenvalue weighted by Crippen LogP contribution is -2.56. The van der Waals surface area contributed by atoms with Crippen LogP contribution < -0.4 is 31.9 Å². The van der Waals surface area contributed by atoms with Gasteiger partial charge in [-0.15, -0.1) is 0 Å². The lowest BCUT2D eigenvalue weighted by Gasteiger charge is -2.27. The van der Waals surface area contributed by atoms with Crippen LogP contribution in [-0.4, -0.2) is 58.5 Å². The highest BCUT2D eigenvalue weighted by molar-refractivity contribution is 7.46. The van der Waals surface area contributed by atoms with Crippen molar-refractivity contribution in [3.05, 3.63) is 29.8 Å². The van der Waals surface area contributed by atoms with Crippen molar-refractivity contribution in [2.75, 3.05) is 7.05 Å². The summed E-state index contributed by atoms with van der Waals surface area (Å²) in [7, 11) is -3.33. The first-order valence-electron chi connectivity index (χ1n) is 11.4. The highest BCUT2D eigenvalue weighted by Gasteiger charge is 2.32. The van der Waals surface area contributed by atoms with Gasteiger partial charge in [-0.05, 0) is 30.0 Å². The number of rotatable bonds is 15. The molecule has 0 aliphatic rings. The van der Waals surface area contributed by atoms with Gasteiger partial charge in [0.05, 0.1) is 12.3 Å². The van der Waals surface area contributed by atoms with Gasteiger partial charge in [-0.1, -0.05) is 32.4 Å². The van der Waals surface area contributed by atoms with Crippen LogP contribution in [0.15, 0.2) is 24.3 Å². The largest absolute Gasteiger partial charge is 0.524 e. The Morgan fingerprint density at radius 1 is 1.00 bits per heavy atom. The van der Waals surface area contributed by atoms with Gasteiger partial charge in [0.15, 0.2) is 0 Å². The van der Waals surface area contributed by atoms with E-state index in [4.69, 9.17) is 21.3 Å². The molecule has 0 saturated heterocycles. The maximum absolute atomic E-state index is 13.2. The minimum absolute atomic E-state index is 0.0515. The lowest BCUT2D eigenvalue weighted by atomic mass is 9.92. The van der Waals surface area contributed by atoms with Crippen LogP contribution in [0.2, 0.25) is 0 Å². The molecular formula is C22H34N5O9P. The van der Waals surface area contributed by atoms with E-state index >= 15 is 0 Å². The summed E-state index contributed by atoms with van der Waals surface area (Å²) >= 11 is 0. The molecule has 4 atom stereocenters. The first-order chi connectivity index (χ1) is 17.2. The van der Waals surface area contributed by atoms with Crippen LogP contribution in [-0.2, 0) is 35.0 Å². The molecule has 0 unspecified atom stereocenters. The first-order valence-corrected chi connectivity index (χ1v) is 12.9. The van der Waals surface area contributed by atoms with Gasteiger partial charge in [0.1, 0.15) is 17.8 Å². The van der Waals surface area contributed by atoms with Crippen molar-refractivity contribution in [2.45, 2.75) is 51.6 Å². The molecule has 206 valence electrons. The molecule has 1 aromatic rings. The molecule has 1 aromatic carbocycles. The van der Waals surface area contributed by atoms with Gasteiger partial charge in [0, 0.05) is 13.5 Å². The Balaban J connectivity index is 3.12. The number of primary amides is 2. The number of carbonyl (C=O) groups excluding carboxylic acids is 5. The van der Waals surface area contributed by atoms with Gasteiger partial charge in [-0.3, -0.25) is 33.8 Å². The topological polar surface area (TPSA) is 240 Å². The van der Waals surface area contributed by atoms with Crippen molar-refractivity contribution < 1.29 is 42.8 Å². The minimum Gasteiger partial charge on any atom is -0.404 e. The van der Waals surface area contributed by atoms with Crippen LogP contribution in [0.4, 0.5) is 0 Å². The zero-order chi connectivity index (χ0) is 28.3. The number of carbonyl (C=O) groups is 5. The molecule has 15 heteroatoms. The highest BCUT2D eigenvalue weighted by Crippen LogP contribution is 2.37. The van der Waals surface area contributed by atoms with Crippen molar-refractivity contribution in [1.29, 1.82) is 0 Å². The summed E-state index contributed by atoms with van der Waals surface area (Å²) in [6.07, 6.45) is -0.209. The van der Waals surface area contributed by atoms with Crippen LogP contribution >= 0.6 is 7.82 Å². The van der Waals surface area contributed by atoms with Crippen LogP contribution in [0.1, 0.15) is 38.7 Å². The number of hydrogen-bond acceptors (Lipinski definition) is 7. The molecule has 0 aromatic heterocycles. The summed E-state index contributed by atoms with van der Waals surface area (Å²) in [5.74, 6) is -5.02. The molecule has 0 saturated carbocycles. The lowest BCUT2D eigenvalue weighted by molar-refractivity contribution is -0.135. The number of amides is 5. The predicted molar refractivity (Wildman–Crippen MR) is 131 cm³/mol. The maximum Gasteiger partial charge on any atom is 0.524 e. The van der Waals surface area contributed by atoms with Gasteiger partial charge >= 0.3 is 7.82 Å². The Morgan fingerprint density at radius 2 is 1.59 bits per heavy atom. The van der Waals surface area contributed by atoms with Gasteiger partial charge < -0.3 is 31.9 Å². The van der Waals surface area contributed by atoms with Crippen molar-refractivity contribution in [1.82, 2.24) is 16.0 Å². The Morgan fingerprint density at radius 3 is 2.05 bits per heavy atom. The highest BCUT2D eigenvalue weighted by atomic mass is 31.2. The Bertz CT molecular complexity index is 1030. The van der Waals surface area contributed by atoms with E-state index in [0.29, 0.717) is 12.0 Å². The molecule has 0 radical (unpaired) electrons. The molecule has 0 aliphatic heterocycles. The quantitative estimate of drug-likeness (QED) is 0.132.